The summed E-state index contributed by atoms with van der Waals surface area (Å²) in [5.74, 6) is 1.92. The van der Waals surface area contributed by atoms with Crippen molar-refractivity contribution < 1.29 is 4.74 Å². The largest absolute Gasteiger partial charge is 0.462 e. The minimum Gasteiger partial charge on any atom is -0.462 e. The van der Waals surface area contributed by atoms with Gasteiger partial charge in [-0.2, -0.15) is 0 Å². The fourth-order valence-electron chi connectivity index (χ4n) is 1.58. The van der Waals surface area contributed by atoms with Gasteiger partial charge in [0.1, 0.15) is 11.5 Å². The number of benzene rings is 1. The van der Waals surface area contributed by atoms with Crippen LogP contribution in [-0.2, 0) is 0 Å². The first-order valence-corrected chi connectivity index (χ1v) is 5.35. The third kappa shape index (κ3) is 2.52. The molecule has 0 bridgehead atoms. The van der Waals surface area contributed by atoms with Crippen molar-refractivity contribution in [3.8, 4) is 5.75 Å². The van der Waals surface area contributed by atoms with Crippen LogP contribution in [0.1, 0.15) is 25.7 Å². The second-order valence-electron chi connectivity index (χ2n) is 3.48. The number of halogens is 1. The van der Waals surface area contributed by atoms with E-state index in [1.54, 1.807) is 0 Å². The van der Waals surface area contributed by atoms with E-state index in [0.29, 0.717) is 0 Å². The highest BCUT2D eigenvalue weighted by atomic mass is 35.5. The van der Waals surface area contributed by atoms with E-state index >= 15 is 0 Å². The lowest BCUT2D eigenvalue weighted by molar-refractivity contribution is 0.384. The van der Waals surface area contributed by atoms with Gasteiger partial charge in [-0.15, -0.1) is 0 Å². The fourth-order valence-corrected chi connectivity index (χ4v) is 1.76. The van der Waals surface area contributed by atoms with E-state index < -0.39 is 0 Å². The van der Waals surface area contributed by atoms with Crippen LogP contribution in [0.5, 0.6) is 5.75 Å². The average molecular weight is 209 g/mol. The first kappa shape index (κ1) is 9.60. The zero-order valence-corrected chi connectivity index (χ0v) is 8.76. The standard InChI is InChI=1S/C12H13ClO/c13-10-5-4-8-12(9-10)14-11-6-2-1-3-7-11/h4-6,8-9H,1-3,7H2. The molecule has 0 fully saturated rings. The smallest absolute Gasteiger partial charge is 0.128 e. The summed E-state index contributed by atoms with van der Waals surface area (Å²) in [5, 5.41) is 0.721. The normalized spacial score (nSPS) is 16.2. The quantitative estimate of drug-likeness (QED) is 0.709. The van der Waals surface area contributed by atoms with Gasteiger partial charge in [0.15, 0.2) is 0 Å². The third-order valence-corrected chi connectivity index (χ3v) is 2.53. The van der Waals surface area contributed by atoms with E-state index in [1.807, 2.05) is 24.3 Å². The molecule has 0 N–H and O–H groups in total. The third-order valence-electron chi connectivity index (χ3n) is 2.29. The maximum atomic E-state index is 5.86. The number of hydrogen-bond donors (Lipinski definition) is 0. The van der Waals surface area contributed by atoms with Crippen molar-refractivity contribution in [3.63, 3.8) is 0 Å². The Balaban J connectivity index is 2.06. The Hall–Kier alpha value is -0.950. The van der Waals surface area contributed by atoms with E-state index in [-0.39, 0.29) is 0 Å². The summed E-state index contributed by atoms with van der Waals surface area (Å²) in [5.41, 5.74) is 0. The van der Waals surface area contributed by atoms with Crippen LogP contribution in [0, 0.1) is 0 Å². The van der Waals surface area contributed by atoms with Gasteiger partial charge >= 0.3 is 0 Å². The van der Waals surface area contributed by atoms with Crippen LogP contribution in [0.3, 0.4) is 0 Å². The summed E-state index contributed by atoms with van der Waals surface area (Å²) in [6.45, 7) is 0. The molecule has 0 saturated carbocycles. The van der Waals surface area contributed by atoms with Gasteiger partial charge in [-0.1, -0.05) is 17.7 Å². The van der Waals surface area contributed by atoms with Crippen molar-refractivity contribution in [3.05, 3.63) is 41.1 Å². The monoisotopic (exact) mass is 208 g/mol. The Morgan fingerprint density at radius 2 is 2.14 bits per heavy atom. The lowest BCUT2D eigenvalue weighted by Gasteiger charge is -2.13. The van der Waals surface area contributed by atoms with Crippen LogP contribution >= 0.6 is 11.6 Å². The number of hydrogen-bond acceptors (Lipinski definition) is 1. The van der Waals surface area contributed by atoms with E-state index in [9.17, 15) is 0 Å². The van der Waals surface area contributed by atoms with Gasteiger partial charge < -0.3 is 4.74 Å². The van der Waals surface area contributed by atoms with Crippen LogP contribution in [0.15, 0.2) is 36.1 Å². The van der Waals surface area contributed by atoms with Gasteiger partial charge in [-0.3, -0.25) is 0 Å². The summed E-state index contributed by atoms with van der Waals surface area (Å²) in [6.07, 6.45) is 6.86. The Kier molecular flexibility index (Phi) is 3.10. The Labute approximate surface area is 89.3 Å². The van der Waals surface area contributed by atoms with Gasteiger partial charge in [-0.05, 0) is 43.5 Å². The van der Waals surface area contributed by atoms with Gasteiger partial charge in [0.05, 0.1) is 0 Å². The van der Waals surface area contributed by atoms with Crippen molar-refractivity contribution in [2.45, 2.75) is 25.7 Å². The lowest BCUT2D eigenvalue weighted by atomic mass is 10.1. The molecule has 1 aliphatic rings. The second-order valence-corrected chi connectivity index (χ2v) is 3.91. The van der Waals surface area contributed by atoms with Gasteiger partial charge in [-0.25, -0.2) is 0 Å². The SMILES string of the molecule is Clc1cccc(OC2=CCCCC2)c1. The van der Waals surface area contributed by atoms with Crippen molar-refractivity contribution in [1.29, 1.82) is 0 Å². The molecule has 0 heterocycles. The lowest BCUT2D eigenvalue weighted by Crippen LogP contribution is -1.99. The highest BCUT2D eigenvalue weighted by Crippen LogP contribution is 2.23. The van der Waals surface area contributed by atoms with Crippen LogP contribution in [-0.4, -0.2) is 0 Å². The molecule has 0 atom stereocenters. The van der Waals surface area contributed by atoms with Crippen molar-refractivity contribution >= 4 is 11.6 Å². The maximum absolute atomic E-state index is 5.86. The molecule has 0 unspecified atom stereocenters. The highest BCUT2D eigenvalue weighted by molar-refractivity contribution is 6.30. The molecule has 0 radical (unpaired) electrons. The van der Waals surface area contributed by atoms with Crippen molar-refractivity contribution in [1.82, 2.24) is 0 Å². The molecule has 0 saturated heterocycles. The molecule has 1 nitrogen and oxygen atoms in total. The van der Waals surface area contributed by atoms with Crippen LogP contribution < -0.4 is 4.74 Å². The summed E-state index contributed by atoms with van der Waals surface area (Å²) < 4.78 is 5.71. The molecule has 1 aromatic carbocycles. The fraction of sp³-hybridized carbons (Fsp3) is 0.333. The molecule has 0 spiro atoms. The first-order chi connectivity index (χ1) is 6.84. The minimum atomic E-state index is 0.721. The zero-order valence-electron chi connectivity index (χ0n) is 8.00. The van der Waals surface area contributed by atoms with Crippen molar-refractivity contribution in [2.75, 3.05) is 0 Å². The topological polar surface area (TPSA) is 9.23 Å². The van der Waals surface area contributed by atoms with Gasteiger partial charge in [0.2, 0.25) is 0 Å². The zero-order chi connectivity index (χ0) is 9.80. The Morgan fingerprint density at radius 1 is 1.21 bits per heavy atom. The number of ether oxygens (including phenoxy) is 1. The number of allylic oxidation sites excluding steroid dienone is 2. The molecule has 14 heavy (non-hydrogen) atoms. The molecule has 2 rings (SSSR count). The first-order valence-electron chi connectivity index (χ1n) is 4.97. The van der Waals surface area contributed by atoms with Crippen LogP contribution in [0.25, 0.3) is 0 Å². The molecule has 1 aromatic rings. The molecule has 0 aliphatic heterocycles. The predicted octanol–water partition coefficient (Wildman–Crippen LogP) is 4.18. The summed E-state index contributed by atoms with van der Waals surface area (Å²) in [7, 11) is 0. The Bertz CT molecular complexity index is 344. The number of rotatable bonds is 2. The second kappa shape index (κ2) is 4.52. The average Bonchev–Trinajstić information content (AvgIpc) is 2.19. The molecular formula is C12H13ClO. The van der Waals surface area contributed by atoms with Crippen LogP contribution in [0.2, 0.25) is 5.02 Å². The molecule has 2 heteroatoms. The van der Waals surface area contributed by atoms with Gasteiger partial charge in [0.25, 0.3) is 0 Å². The van der Waals surface area contributed by atoms with Crippen molar-refractivity contribution in [2.24, 2.45) is 0 Å². The van der Waals surface area contributed by atoms with E-state index in [0.717, 1.165) is 29.4 Å². The summed E-state index contributed by atoms with van der Waals surface area (Å²) in [6, 6.07) is 7.53. The van der Waals surface area contributed by atoms with E-state index in [4.69, 9.17) is 16.3 Å². The van der Waals surface area contributed by atoms with E-state index in [1.165, 1.54) is 12.8 Å². The van der Waals surface area contributed by atoms with Crippen LogP contribution in [0.4, 0.5) is 0 Å². The molecular weight excluding hydrogens is 196 g/mol. The molecule has 0 amide bonds. The maximum Gasteiger partial charge on any atom is 0.128 e. The Morgan fingerprint density at radius 3 is 2.86 bits per heavy atom. The highest BCUT2D eigenvalue weighted by Gasteiger charge is 2.05. The minimum absolute atomic E-state index is 0.721. The van der Waals surface area contributed by atoms with Gasteiger partial charge in [0, 0.05) is 11.4 Å². The van der Waals surface area contributed by atoms with E-state index in [2.05, 4.69) is 6.08 Å². The summed E-state index contributed by atoms with van der Waals surface area (Å²) in [4.78, 5) is 0. The summed E-state index contributed by atoms with van der Waals surface area (Å²) >= 11 is 5.86. The molecule has 0 aromatic heterocycles. The molecule has 1 aliphatic carbocycles. The predicted molar refractivity (Wildman–Crippen MR) is 58.6 cm³/mol. The molecule has 74 valence electrons.